The van der Waals surface area contributed by atoms with Gasteiger partial charge in [0.05, 0.1) is 11.7 Å². The van der Waals surface area contributed by atoms with Crippen molar-refractivity contribution in [1.29, 1.82) is 0 Å². The molecule has 0 radical (unpaired) electrons. The minimum atomic E-state index is -0.541. The Morgan fingerprint density at radius 1 is 1.24 bits per heavy atom. The monoisotopic (exact) mass is 395 g/mol. The van der Waals surface area contributed by atoms with Gasteiger partial charge >= 0.3 is 0 Å². The smallest absolute Gasteiger partial charge is 0.278 e. The van der Waals surface area contributed by atoms with Crippen molar-refractivity contribution in [3.05, 3.63) is 65.4 Å². The number of hydrogen-bond acceptors (Lipinski definition) is 7. The van der Waals surface area contributed by atoms with Crippen molar-refractivity contribution in [2.45, 2.75) is 26.3 Å². The number of benzene rings is 1. The van der Waals surface area contributed by atoms with Gasteiger partial charge in [0, 0.05) is 36.9 Å². The lowest BCUT2D eigenvalue weighted by Gasteiger charge is -2.10. The minimum Gasteiger partial charge on any atom is -0.403 e. The standard InChI is InChI=1S/C20H25N7O2/c1-3-7-25-19(28)15-6-4-5-14(10-15)13(2)26-12-16(11-21)27-20(29)17-18(22)24-9-8-23-17/h4-6,8-13H,3,7,21H2,1-2H3,(H2,22,24)(H,25,28)(H,27,29)/b16-11+,26-12?. The Labute approximate surface area is 169 Å². The van der Waals surface area contributed by atoms with Gasteiger partial charge in [0.25, 0.3) is 11.8 Å². The van der Waals surface area contributed by atoms with Crippen LogP contribution in [0.25, 0.3) is 0 Å². The minimum absolute atomic E-state index is 0.000841. The highest BCUT2D eigenvalue weighted by atomic mass is 16.2. The first kappa shape index (κ1) is 21.5. The van der Waals surface area contributed by atoms with Crippen LogP contribution in [0.1, 0.15) is 52.7 Å². The average Bonchev–Trinajstić information content (AvgIpc) is 2.74. The molecule has 9 nitrogen and oxygen atoms in total. The quantitative estimate of drug-likeness (QED) is 0.498. The molecule has 1 unspecified atom stereocenters. The summed E-state index contributed by atoms with van der Waals surface area (Å²) in [6, 6.07) is 6.96. The second-order valence-corrected chi connectivity index (χ2v) is 6.20. The fourth-order valence-electron chi connectivity index (χ4n) is 2.39. The number of nitrogens with two attached hydrogens (primary N) is 2. The maximum absolute atomic E-state index is 12.3. The molecule has 0 saturated heterocycles. The molecule has 152 valence electrons. The van der Waals surface area contributed by atoms with Gasteiger partial charge in [0.2, 0.25) is 0 Å². The van der Waals surface area contributed by atoms with Crippen LogP contribution in [0.5, 0.6) is 0 Å². The molecule has 0 spiro atoms. The summed E-state index contributed by atoms with van der Waals surface area (Å²) in [5.74, 6) is -0.646. The van der Waals surface area contributed by atoms with E-state index >= 15 is 0 Å². The molecule has 1 aromatic heterocycles. The van der Waals surface area contributed by atoms with E-state index in [0.717, 1.165) is 12.0 Å². The van der Waals surface area contributed by atoms with Crippen LogP contribution in [0.15, 0.2) is 53.5 Å². The van der Waals surface area contributed by atoms with Crippen molar-refractivity contribution >= 4 is 23.8 Å². The number of rotatable bonds is 8. The van der Waals surface area contributed by atoms with Gasteiger partial charge in [-0.25, -0.2) is 9.97 Å². The zero-order valence-corrected chi connectivity index (χ0v) is 16.4. The lowest BCUT2D eigenvalue weighted by Crippen LogP contribution is -2.26. The number of aromatic nitrogens is 2. The zero-order valence-electron chi connectivity index (χ0n) is 16.4. The Bertz CT molecular complexity index is 925. The number of allylic oxidation sites excluding steroid dienone is 1. The number of amides is 2. The van der Waals surface area contributed by atoms with Crippen LogP contribution in [-0.2, 0) is 0 Å². The lowest BCUT2D eigenvalue weighted by atomic mass is 10.1. The Morgan fingerprint density at radius 2 is 2.00 bits per heavy atom. The highest BCUT2D eigenvalue weighted by molar-refractivity contribution is 6.00. The van der Waals surface area contributed by atoms with E-state index in [4.69, 9.17) is 11.5 Å². The van der Waals surface area contributed by atoms with Crippen LogP contribution in [-0.4, -0.2) is 34.5 Å². The average molecular weight is 395 g/mol. The van der Waals surface area contributed by atoms with Gasteiger partial charge in [-0.15, -0.1) is 0 Å². The van der Waals surface area contributed by atoms with Crippen LogP contribution in [0.3, 0.4) is 0 Å². The number of aliphatic imine (C=N–C) groups is 1. The Kier molecular flexibility index (Phi) is 7.84. The van der Waals surface area contributed by atoms with Crippen molar-refractivity contribution in [3.8, 4) is 0 Å². The summed E-state index contributed by atoms with van der Waals surface area (Å²) in [6.45, 7) is 4.49. The fraction of sp³-hybridized carbons (Fsp3) is 0.250. The van der Waals surface area contributed by atoms with Crippen LogP contribution >= 0.6 is 0 Å². The van der Waals surface area contributed by atoms with Crippen LogP contribution < -0.4 is 22.1 Å². The molecule has 0 aliphatic rings. The largest absolute Gasteiger partial charge is 0.403 e. The third-order valence-corrected chi connectivity index (χ3v) is 3.98. The molecular formula is C20H25N7O2. The molecule has 2 aromatic rings. The van der Waals surface area contributed by atoms with Gasteiger partial charge < -0.3 is 22.1 Å². The van der Waals surface area contributed by atoms with E-state index < -0.39 is 5.91 Å². The number of nitrogens with zero attached hydrogens (tertiary/aromatic N) is 3. The zero-order chi connectivity index (χ0) is 21.2. The van der Waals surface area contributed by atoms with Gasteiger partial charge in [-0.3, -0.25) is 14.6 Å². The summed E-state index contributed by atoms with van der Waals surface area (Å²) in [5.41, 5.74) is 12.9. The lowest BCUT2D eigenvalue weighted by molar-refractivity contribution is 0.0949. The number of nitrogens with one attached hydrogen (secondary N) is 2. The summed E-state index contributed by atoms with van der Waals surface area (Å²) in [5, 5.41) is 5.43. The predicted molar refractivity (Wildman–Crippen MR) is 112 cm³/mol. The van der Waals surface area contributed by atoms with E-state index in [1.54, 1.807) is 18.2 Å². The second-order valence-electron chi connectivity index (χ2n) is 6.20. The first-order valence-corrected chi connectivity index (χ1v) is 9.17. The maximum atomic E-state index is 12.3. The van der Waals surface area contributed by atoms with E-state index in [1.165, 1.54) is 24.8 Å². The molecule has 6 N–H and O–H groups in total. The van der Waals surface area contributed by atoms with Crippen molar-refractivity contribution in [1.82, 2.24) is 20.6 Å². The summed E-state index contributed by atoms with van der Waals surface area (Å²) in [6.07, 6.45) is 6.29. The van der Waals surface area contributed by atoms with Gasteiger partial charge in [-0.1, -0.05) is 19.1 Å². The van der Waals surface area contributed by atoms with Gasteiger partial charge in [-0.2, -0.15) is 0 Å². The van der Waals surface area contributed by atoms with Gasteiger partial charge in [0.15, 0.2) is 11.5 Å². The summed E-state index contributed by atoms with van der Waals surface area (Å²) >= 11 is 0. The molecule has 0 fully saturated rings. The topological polar surface area (TPSA) is 148 Å². The molecule has 0 bridgehead atoms. The Hall–Kier alpha value is -3.75. The third-order valence-electron chi connectivity index (χ3n) is 3.98. The van der Waals surface area contributed by atoms with Crippen molar-refractivity contribution in [2.75, 3.05) is 12.3 Å². The normalized spacial score (nSPS) is 12.6. The molecule has 29 heavy (non-hydrogen) atoms. The molecule has 1 aromatic carbocycles. The first-order chi connectivity index (χ1) is 14.0. The molecule has 2 rings (SSSR count). The third kappa shape index (κ3) is 6.13. The van der Waals surface area contributed by atoms with Gasteiger partial charge in [-0.05, 0) is 31.0 Å². The highest BCUT2D eigenvalue weighted by Crippen LogP contribution is 2.18. The SMILES string of the molecule is CCCNC(=O)c1cccc(C(C)N=C/C(=C\N)NC(=O)c2nccnc2N)c1. The fourth-order valence-corrected chi connectivity index (χ4v) is 2.39. The Morgan fingerprint density at radius 3 is 2.69 bits per heavy atom. The van der Waals surface area contributed by atoms with Crippen LogP contribution in [0.4, 0.5) is 5.82 Å². The predicted octanol–water partition coefficient (Wildman–Crippen LogP) is 1.56. The second kappa shape index (κ2) is 10.5. The van der Waals surface area contributed by atoms with E-state index in [2.05, 4.69) is 25.6 Å². The maximum Gasteiger partial charge on any atom is 0.278 e. The molecule has 0 aliphatic heterocycles. The van der Waals surface area contributed by atoms with Crippen molar-refractivity contribution in [3.63, 3.8) is 0 Å². The molecule has 1 atom stereocenters. The highest BCUT2D eigenvalue weighted by Gasteiger charge is 2.13. The van der Waals surface area contributed by atoms with E-state index in [1.807, 2.05) is 19.9 Å². The van der Waals surface area contributed by atoms with Gasteiger partial charge in [0.1, 0.15) is 0 Å². The number of carbonyl (C=O) groups excluding carboxylic acids is 2. The summed E-state index contributed by atoms with van der Waals surface area (Å²) < 4.78 is 0. The van der Waals surface area contributed by atoms with E-state index in [0.29, 0.717) is 12.1 Å². The van der Waals surface area contributed by atoms with Crippen molar-refractivity contribution in [2.24, 2.45) is 10.7 Å². The first-order valence-electron chi connectivity index (χ1n) is 9.17. The van der Waals surface area contributed by atoms with Crippen LogP contribution in [0.2, 0.25) is 0 Å². The van der Waals surface area contributed by atoms with E-state index in [-0.39, 0.29) is 29.2 Å². The summed E-state index contributed by atoms with van der Waals surface area (Å²) in [4.78, 5) is 36.5. The molecule has 0 aliphatic carbocycles. The number of hydrogen-bond donors (Lipinski definition) is 4. The van der Waals surface area contributed by atoms with Crippen LogP contribution in [0, 0.1) is 0 Å². The number of anilines is 1. The number of nitrogen functional groups attached to an aromatic ring is 1. The molecule has 2 amide bonds. The molecule has 9 heteroatoms. The molecular weight excluding hydrogens is 370 g/mol. The number of carbonyl (C=O) groups is 2. The summed E-state index contributed by atoms with van der Waals surface area (Å²) in [7, 11) is 0. The van der Waals surface area contributed by atoms with Crippen molar-refractivity contribution < 1.29 is 9.59 Å². The molecule has 0 saturated carbocycles. The molecule has 1 heterocycles. The van der Waals surface area contributed by atoms with E-state index in [9.17, 15) is 9.59 Å². The Balaban J connectivity index is 2.06.